The van der Waals surface area contributed by atoms with Gasteiger partial charge < -0.3 is 0 Å². The smallest absolute Gasteiger partial charge is 0.0753 e. The summed E-state index contributed by atoms with van der Waals surface area (Å²) in [5.41, 5.74) is 3.64. The van der Waals surface area contributed by atoms with Crippen molar-refractivity contribution in [2.24, 2.45) is 0 Å². The second-order valence-electron chi connectivity index (χ2n) is 5.19. The lowest BCUT2D eigenvalue weighted by Crippen LogP contribution is -2.01. The van der Waals surface area contributed by atoms with Crippen LogP contribution in [0.3, 0.4) is 0 Å². The minimum Gasteiger partial charge on any atom is -0.198 e. The maximum absolute atomic E-state index is 9.37. The quantitative estimate of drug-likeness (QED) is 0.773. The van der Waals surface area contributed by atoms with Crippen molar-refractivity contribution in [1.82, 2.24) is 0 Å². The van der Waals surface area contributed by atoms with Crippen molar-refractivity contribution >= 4 is 0 Å². The van der Waals surface area contributed by atoms with Gasteiger partial charge in [0.2, 0.25) is 0 Å². The predicted molar refractivity (Wildman–Crippen MR) is 79.0 cm³/mol. The molecule has 2 aromatic rings. The van der Waals surface area contributed by atoms with E-state index in [-0.39, 0.29) is 5.92 Å². The number of hydrogen-bond donors (Lipinski definition) is 0. The van der Waals surface area contributed by atoms with Gasteiger partial charge in [0.15, 0.2) is 0 Å². The van der Waals surface area contributed by atoms with Crippen molar-refractivity contribution < 1.29 is 0 Å². The third-order valence-electron chi connectivity index (χ3n) is 3.44. The Morgan fingerprint density at radius 1 is 0.895 bits per heavy atom. The summed E-state index contributed by atoms with van der Waals surface area (Å²) in [7, 11) is 0. The van der Waals surface area contributed by atoms with Crippen molar-refractivity contribution in [3.63, 3.8) is 0 Å². The number of hydrogen-bond acceptors (Lipinski definition) is 1. The first kappa shape index (κ1) is 13.4. The fraction of sp³-hybridized carbons (Fsp3) is 0.278. The van der Waals surface area contributed by atoms with Gasteiger partial charge >= 0.3 is 0 Å². The monoisotopic (exact) mass is 249 g/mol. The molecule has 1 atom stereocenters. The highest BCUT2D eigenvalue weighted by molar-refractivity contribution is 5.32. The summed E-state index contributed by atoms with van der Waals surface area (Å²) in [4.78, 5) is 0. The highest BCUT2D eigenvalue weighted by Gasteiger charge is 2.11. The van der Waals surface area contributed by atoms with Gasteiger partial charge in [-0.05, 0) is 29.0 Å². The molecule has 0 amide bonds. The Hall–Kier alpha value is -2.07. The van der Waals surface area contributed by atoms with Crippen LogP contribution in [0.2, 0.25) is 0 Å². The number of rotatable bonds is 4. The first-order valence-corrected chi connectivity index (χ1v) is 6.74. The summed E-state index contributed by atoms with van der Waals surface area (Å²) in [5.74, 6) is 0.465. The summed E-state index contributed by atoms with van der Waals surface area (Å²) in [6.45, 7) is 4.36. The van der Waals surface area contributed by atoms with E-state index in [2.05, 4.69) is 56.3 Å². The molecule has 2 aromatic carbocycles. The highest BCUT2D eigenvalue weighted by atomic mass is 14.3. The van der Waals surface area contributed by atoms with E-state index in [1.165, 1.54) is 11.1 Å². The second-order valence-corrected chi connectivity index (χ2v) is 5.19. The lowest BCUT2D eigenvalue weighted by Gasteiger charge is -2.11. The standard InChI is InChI=1S/C18H19N/c1-14(2)16-8-10-17(11-9-16)18(13-19)12-15-6-4-3-5-7-15/h3-11,14,18H,12H2,1-2H3. The zero-order valence-electron chi connectivity index (χ0n) is 11.5. The van der Waals surface area contributed by atoms with E-state index in [1.54, 1.807) is 0 Å². The Morgan fingerprint density at radius 2 is 1.47 bits per heavy atom. The van der Waals surface area contributed by atoms with Crippen molar-refractivity contribution in [3.8, 4) is 6.07 Å². The molecule has 0 saturated carbocycles. The minimum atomic E-state index is -0.0661. The number of nitrogens with zero attached hydrogens (tertiary/aromatic N) is 1. The third-order valence-corrected chi connectivity index (χ3v) is 3.44. The fourth-order valence-electron chi connectivity index (χ4n) is 2.20. The van der Waals surface area contributed by atoms with Crippen LogP contribution < -0.4 is 0 Å². The van der Waals surface area contributed by atoms with Gasteiger partial charge in [0, 0.05) is 0 Å². The van der Waals surface area contributed by atoms with E-state index in [0.717, 1.165) is 12.0 Å². The van der Waals surface area contributed by atoms with Gasteiger partial charge in [-0.2, -0.15) is 5.26 Å². The molecule has 0 aromatic heterocycles. The molecule has 0 bridgehead atoms. The first-order chi connectivity index (χ1) is 9.20. The Kier molecular flexibility index (Phi) is 4.36. The Morgan fingerprint density at radius 3 is 2.00 bits per heavy atom. The van der Waals surface area contributed by atoms with Crippen LogP contribution in [0, 0.1) is 11.3 Å². The van der Waals surface area contributed by atoms with Crippen LogP contribution >= 0.6 is 0 Å². The molecule has 19 heavy (non-hydrogen) atoms. The van der Waals surface area contributed by atoms with Crippen LogP contribution in [0.15, 0.2) is 54.6 Å². The molecule has 0 saturated heterocycles. The van der Waals surface area contributed by atoms with Gasteiger partial charge in [-0.15, -0.1) is 0 Å². The molecule has 0 heterocycles. The second kappa shape index (κ2) is 6.20. The van der Waals surface area contributed by atoms with Gasteiger partial charge in [-0.25, -0.2) is 0 Å². The molecule has 96 valence electrons. The third kappa shape index (κ3) is 3.45. The molecule has 0 fully saturated rings. The van der Waals surface area contributed by atoms with Gasteiger partial charge in [-0.3, -0.25) is 0 Å². The average molecular weight is 249 g/mol. The molecule has 1 nitrogen and oxygen atoms in total. The van der Waals surface area contributed by atoms with Gasteiger partial charge in [0.25, 0.3) is 0 Å². The number of nitriles is 1. The summed E-state index contributed by atoms with van der Waals surface area (Å²) < 4.78 is 0. The van der Waals surface area contributed by atoms with Gasteiger partial charge in [0.05, 0.1) is 12.0 Å². The van der Waals surface area contributed by atoms with Crippen LogP contribution in [0.5, 0.6) is 0 Å². The molecule has 2 rings (SSSR count). The van der Waals surface area contributed by atoms with E-state index < -0.39 is 0 Å². The molecule has 0 aliphatic rings. The van der Waals surface area contributed by atoms with E-state index in [4.69, 9.17) is 0 Å². The lowest BCUT2D eigenvalue weighted by molar-refractivity contribution is 0.836. The summed E-state index contributed by atoms with van der Waals surface area (Å²) in [6, 6.07) is 21.1. The number of benzene rings is 2. The average Bonchev–Trinajstić information content (AvgIpc) is 2.46. The lowest BCUT2D eigenvalue weighted by atomic mass is 9.91. The topological polar surface area (TPSA) is 23.8 Å². The Labute approximate surface area is 115 Å². The summed E-state index contributed by atoms with van der Waals surface area (Å²) in [6.07, 6.45) is 0.776. The largest absolute Gasteiger partial charge is 0.198 e. The molecule has 0 spiro atoms. The van der Waals surface area contributed by atoms with Crippen LogP contribution in [-0.4, -0.2) is 0 Å². The maximum Gasteiger partial charge on any atom is 0.0753 e. The molecule has 0 radical (unpaired) electrons. The molecule has 0 aliphatic heterocycles. The highest BCUT2D eigenvalue weighted by Crippen LogP contribution is 2.23. The SMILES string of the molecule is CC(C)c1ccc(C(C#N)Cc2ccccc2)cc1. The van der Waals surface area contributed by atoms with Crippen LogP contribution in [0.25, 0.3) is 0 Å². The van der Waals surface area contributed by atoms with Crippen molar-refractivity contribution in [1.29, 1.82) is 5.26 Å². The van der Waals surface area contributed by atoms with Gasteiger partial charge in [-0.1, -0.05) is 68.4 Å². The first-order valence-electron chi connectivity index (χ1n) is 6.74. The van der Waals surface area contributed by atoms with Crippen molar-refractivity contribution in [2.45, 2.75) is 32.1 Å². The molecule has 0 aliphatic carbocycles. The van der Waals surface area contributed by atoms with Gasteiger partial charge in [0.1, 0.15) is 0 Å². The summed E-state index contributed by atoms with van der Waals surface area (Å²) >= 11 is 0. The molecular weight excluding hydrogens is 230 g/mol. The molecule has 1 unspecified atom stereocenters. The van der Waals surface area contributed by atoms with E-state index in [9.17, 15) is 5.26 Å². The van der Waals surface area contributed by atoms with Crippen LogP contribution in [0.4, 0.5) is 0 Å². The maximum atomic E-state index is 9.37. The van der Waals surface area contributed by atoms with Crippen LogP contribution in [0.1, 0.15) is 42.4 Å². The molecule has 0 N–H and O–H groups in total. The normalized spacial score (nSPS) is 12.1. The Bertz CT molecular complexity index is 546. The predicted octanol–water partition coefficient (Wildman–Crippen LogP) is 4.66. The minimum absolute atomic E-state index is 0.0661. The molecule has 1 heteroatoms. The molecular formula is C18H19N. The Balaban J connectivity index is 2.16. The van der Waals surface area contributed by atoms with Crippen molar-refractivity contribution in [3.05, 3.63) is 71.3 Å². The summed E-state index contributed by atoms with van der Waals surface area (Å²) in [5, 5.41) is 9.37. The zero-order valence-corrected chi connectivity index (χ0v) is 11.5. The van der Waals surface area contributed by atoms with E-state index in [0.29, 0.717) is 5.92 Å². The fourth-order valence-corrected chi connectivity index (χ4v) is 2.20. The van der Waals surface area contributed by atoms with Crippen LogP contribution in [-0.2, 0) is 6.42 Å². The zero-order chi connectivity index (χ0) is 13.7. The van der Waals surface area contributed by atoms with E-state index >= 15 is 0 Å². The van der Waals surface area contributed by atoms with Crippen molar-refractivity contribution in [2.75, 3.05) is 0 Å². The van der Waals surface area contributed by atoms with E-state index in [1.807, 2.05) is 18.2 Å².